The summed E-state index contributed by atoms with van der Waals surface area (Å²) in [4.78, 5) is 41.6. The highest BCUT2D eigenvalue weighted by atomic mass is 16.2. The number of hydrogen-bond acceptors (Lipinski definition) is 6. The van der Waals surface area contributed by atoms with E-state index in [9.17, 15) is 9.59 Å². The average Bonchev–Trinajstić information content (AvgIpc) is 3.12. The molecular formula is C26H25N5O2. The van der Waals surface area contributed by atoms with Gasteiger partial charge >= 0.3 is 0 Å². The Kier molecular flexibility index (Phi) is 5.38. The number of rotatable bonds is 4. The molecule has 1 fully saturated rings. The summed E-state index contributed by atoms with van der Waals surface area (Å²) in [6, 6.07) is 17.0. The van der Waals surface area contributed by atoms with Gasteiger partial charge in [0.15, 0.2) is 0 Å². The van der Waals surface area contributed by atoms with Crippen LogP contribution in [0.1, 0.15) is 16.7 Å². The molecule has 0 bridgehead atoms. The van der Waals surface area contributed by atoms with Crippen molar-refractivity contribution in [3.05, 3.63) is 89.4 Å². The van der Waals surface area contributed by atoms with Gasteiger partial charge in [-0.25, -0.2) is 14.9 Å². The maximum atomic E-state index is 13.8. The lowest BCUT2D eigenvalue weighted by Crippen LogP contribution is -2.48. The third-order valence-electron chi connectivity index (χ3n) is 6.37. The summed E-state index contributed by atoms with van der Waals surface area (Å²) in [5, 5.41) is 0. The van der Waals surface area contributed by atoms with Crippen molar-refractivity contribution < 1.29 is 9.59 Å². The fourth-order valence-electron chi connectivity index (χ4n) is 4.46. The molecule has 0 atom stereocenters. The molecule has 2 aromatic carbocycles. The molecule has 33 heavy (non-hydrogen) atoms. The van der Waals surface area contributed by atoms with E-state index >= 15 is 0 Å². The van der Waals surface area contributed by atoms with Crippen molar-refractivity contribution in [2.75, 3.05) is 36.0 Å². The zero-order chi connectivity index (χ0) is 22.9. The molecule has 166 valence electrons. The fraction of sp³-hybridized carbons (Fsp3) is 0.231. The van der Waals surface area contributed by atoms with Crippen molar-refractivity contribution in [3.63, 3.8) is 0 Å². The van der Waals surface area contributed by atoms with E-state index in [1.807, 2.05) is 67.3 Å². The summed E-state index contributed by atoms with van der Waals surface area (Å²) in [6.45, 7) is 6.47. The van der Waals surface area contributed by atoms with E-state index in [1.165, 1.54) is 4.90 Å². The maximum Gasteiger partial charge on any atom is 0.282 e. The molecule has 0 radical (unpaired) electrons. The number of aryl methyl sites for hydroxylation is 1. The van der Waals surface area contributed by atoms with Gasteiger partial charge in [0.05, 0.1) is 11.3 Å². The van der Waals surface area contributed by atoms with Crippen molar-refractivity contribution in [2.24, 2.45) is 0 Å². The number of imide groups is 1. The van der Waals surface area contributed by atoms with Crippen molar-refractivity contribution in [1.82, 2.24) is 14.9 Å². The number of amides is 2. The predicted molar refractivity (Wildman–Crippen MR) is 128 cm³/mol. The van der Waals surface area contributed by atoms with Crippen molar-refractivity contribution in [1.29, 1.82) is 0 Å². The van der Waals surface area contributed by atoms with Crippen LogP contribution in [0.25, 0.3) is 5.57 Å². The minimum Gasteiger partial charge on any atom is -0.363 e. The largest absolute Gasteiger partial charge is 0.363 e. The molecule has 1 saturated heterocycles. The smallest absolute Gasteiger partial charge is 0.282 e. The Labute approximate surface area is 193 Å². The Morgan fingerprint density at radius 1 is 0.727 bits per heavy atom. The molecule has 0 saturated carbocycles. The van der Waals surface area contributed by atoms with Gasteiger partial charge in [-0.05, 0) is 42.7 Å². The molecule has 0 spiro atoms. The summed E-state index contributed by atoms with van der Waals surface area (Å²) in [5.41, 5.74) is 4.31. The van der Waals surface area contributed by atoms with E-state index in [0.29, 0.717) is 49.1 Å². The molecule has 2 amide bonds. The van der Waals surface area contributed by atoms with Crippen LogP contribution >= 0.6 is 0 Å². The standard InChI is InChI=1S/C26H25N5O2/c1-18-8-6-11-21(19(18)2)31-24(32)22(20-9-4-3-5-10-20)23(25(31)33)29-14-16-30(17-15-29)26-27-12-7-13-28-26/h3-13H,14-17H2,1-2H3. The number of carbonyl (C=O) groups excluding carboxylic acids is 2. The van der Waals surface area contributed by atoms with Gasteiger partial charge in [0.25, 0.3) is 11.8 Å². The fourth-order valence-corrected chi connectivity index (χ4v) is 4.46. The van der Waals surface area contributed by atoms with E-state index < -0.39 is 0 Å². The van der Waals surface area contributed by atoms with Crippen LogP contribution in [0.3, 0.4) is 0 Å². The minimum absolute atomic E-state index is 0.267. The van der Waals surface area contributed by atoms with Crippen LogP contribution in [0.5, 0.6) is 0 Å². The number of hydrogen-bond donors (Lipinski definition) is 0. The quantitative estimate of drug-likeness (QED) is 0.582. The molecule has 7 heteroatoms. The lowest BCUT2D eigenvalue weighted by atomic mass is 10.0. The van der Waals surface area contributed by atoms with Crippen LogP contribution < -0.4 is 9.80 Å². The minimum atomic E-state index is -0.274. The molecule has 0 aliphatic carbocycles. The van der Waals surface area contributed by atoms with Gasteiger partial charge in [-0.15, -0.1) is 0 Å². The first kappa shape index (κ1) is 20.9. The van der Waals surface area contributed by atoms with Crippen LogP contribution in [0.2, 0.25) is 0 Å². The Balaban J connectivity index is 1.52. The van der Waals surface area contributed by atoms with Gasteiger partial charge in [0.2, 0.25) is 5.95 Å². The topological polar surface area (TPSA) is 69.6 Å². The predicted octanol–water partition coefficient (Wildman–Crippen LogP) is 3.20. The molecule has 2 aliphatic rings. The van der Waals surface area contributed by atoms with Gasteiger partial charge in [0.1, 0.15) is 5.70 Å². The lowest BCUT2D eigenvalue weighted by Gasteiger charge is -2.36. The zero-order valence-electron chi connectivity index (χ0n) is 18.7. The van der Waals surface area contributed by atoms with Crippen molar-refractivity contribution in [2.45, 2.75) is 13.8 Å². The lowest BCUT2D eigenvalue weighted by molar-refractivity contribution is -0.120. The Hall–Kier alpha value is -4.00. The first-order chi connectivity index (χ1) is 16.1. The SMILES string of the molecule is Cc1cccc(N2C(=O)C(c3ccccc3)=C(N3CCN(c4ncccn4)CC3)C2=O)c1C. The zero-order valence-corrected chi connectivity index (χ0v) is 18.7. The van der Waals surface area contributed by atoms with Crippen LogP contribution in [0.15, 0.2) is 72.7 Å². The first-order valence-electron chi connectivity index (χ1n) is 11.1. The summed E-state index contributed by atoms with van der Waals surface area (Å²) in [5.74, 6) is 0.140. The highest BCUT2D eigenvalue weighted by Crippen LogP contribution is 2.37. The number of nitrogens with zero attached hydrogens (tertiary/aromatic N) is 5. The van der Waals surface area contributed by atoms with E-state index in [4.69, 9.17) is 0 Å². The maximum absolute atomic E-state index is 13.8. The van der Waals surface area contributed by atoms with Gasteiger partial charge < -0.3 is 9.80 Å². The van der Waals surface area contributed by atoms with Gasteiger partial charge in [0, 0.05) is 38.6 Å². The summed E-state index contributed by atoms with van der Waals surface area (Å²) in [6.07, 6.45) is 3.46. The van der Waals surface area contributed by atoms with E-state index in [2.05, 4.69) is 14.9 Å². The molecule has 3 heterocycles. The molecule has 2 aliphatic heterocycles. The van der Waals surface area contributed by atoms with E-state index in [-0.39, 0.29) is 11.8 Å². The van der Waals surface area contributed by atoms with Gasteiger partial charge in [-0.1, -0.05) is 42.5 Å². The van der Waals surface area contributed by atoms with Crippen LogP contribution in [0.4, 0.5) is 11.6 Å². The monoisotopic (exact) mass is 439 g/mol. The Morgan fingerprint density at radius 2 is 1.39 bits per heavy atom. The number of anilines is 2. The number of carbonyl (C=O) groups is 2. The highest BCUT2D eigenvalue weighted by molar-refractivity contribution is 6.45. The summed E-state index contributed by atoms with van der Waals surface area (Å²) in [7, 11) is 0. The average molecular weight is 440 g/mol. The highest BCUT2D eigenvalue weighted by Gasteiger charge is 2.43. The molecule has 7 nitrogen and oxygen atoms in total. The third-order valence-corrected chi connectivity index (χ3v) is 6.37. The van der Waals surface area contributed by atoms with Crippen LogP contribution in [-0.2, 0) is 9.59 Å². The second-order valence-corrected chi connectivity index (χ2v) is 8.28. The second-order valence-electron chi connectivity index (χ2n) is 8.28. The molecular weight excluding hydrogens is 414 g/mol. The second kappa shape index (κ2) is 8.50. The third kappa shape index (κ3) is 3.65. The van der Waals surface area contributed by atoms with E-state index in [1.54, 1.807) is 18.5 Å². The van der Waals surface area contributed by atoms with E-state index in [0.717, 1.165) is 16.7 Å². The van der Waals surface area contributed by atoms with Crippen LogP contribution in [-0.4, -0.2) is 52.9 Å². The van der Waals surface area contributed by atoms with Gasteiger partial charge in [-0.2, -0.15) is 0 Å². The molecule has 3 aromatic rings. The molecule has 0 N–H and O–H groups in total. The number of aromatic nitrogens is 2. The molecule has 5 rings (SSSR count). The molecule has 0 unspecified atom stereocenters. The Morgan fingerprint density at radius 3 is 2.09 bits per heavy atom. The van der Waals surface area contributed by atoms with Crippen molar-refractivity contribution in [3.8, 4) is 0 Å². The number of piperazine rings is 1. The van der Waals surface area contributed by atoms with Crippen molar-refractivity contribution >= 4 is 29.0 Å². The normalized spacial score (nSPS) is 16.7. The summed E-state index contributed by atoms with van der Waals surface area (Å²) < 4.78 is 0. The first-order valence-corrected chi connectivity index (χ1v) is 11.1. The number of benzene rings is 2. The Bertz CT molecular complexity index is 1230. The summed E-state index contributed by atoms with van der Waals surface area (Å²) >= 11 is 0. The molecule has 1 aromatic heterocycles. The van der Waals surface area contributed by atoms with Gasteiger partial charge in [-0.3, -0.25) is 9.59 Å². The van der Waals surface area contributed by atoms with Crippen LogP contribution in [0, 0.1) is 13.8 Å².